The summed E-state index contributed by atoms with van der Waals surface area (Å²) in [6.45, 7) is 3.22. The van der Waals surface area contributed by atoms with Crippen molar-refractivity contribution in [2.75, 3.05) is 13.1 Å². The van der Waals surface area contributed by atoms with Crippen molar-refractivity contribution in [3.8, 4) is 0 Å². The number of carbonyl (C=O) groups is 3. The molecule has 0 saturated carbocycles. The number of aromatic nitrogens is 2. The summed E-state index contributed by atoms with van der Waals surface area (Å²) in [5.74, 6) is -0.135. The zero-order chi connectivity index (χ0) is 22.0. The quantitative estimate of drug-likeness (QED) is 0.663. The summed E-state index contributed by atoms with van der Waals surface area (Å²) in [6.07, 6.45) is 15.3. The molecule has 1 saturated heterocycles. The van der Waals surface area contributed by atoms with E-state index in [1.165, 1.54) is 0 Å². The van der Waals surface area contributed by atoms with E-state index in [0.29, 0.717) is 44.3 Å². The summed E-state index contributed by atoms with van der Waals surface area (Å²) >= 11 is 0. The third kappa shape index (κ3) is 4.81. The van der Waals surface area contributed by atoms with Gasteiger partial charge in [0.15, 0.2) is 5.78 Å². The number of likely N-dealkylation sites (tertiary alicyclic amines) is 1. The van der Waals surface area contributed by atoms with Crippen LogP contribution in [0.15, 0.2) is 53.3 Å². The van der Waals surface area contributed by atoms with Gasteiger partial charge in [0.05, 0.1) is 17.7 Å². The van der Waals surface area contributed by atoms with E-state index in [2.05, 4.69) is 10.1 Å². The second-order valence-corrected chi connectivity index (χ2v) is 8.74. The van der Waals surface area contributed by atoms with Crippen molar-refractivity contribution in [1.82, 2.24) is 14.7 Å². The molecular formula is C24H28N4O3. The van der Waals surface area contributed by atoms with E-state index in [1.807, 2.05) is 42.2 Å². The molecule has 4 rings (SSSR count). The van der Waals surface area contributed by atoms with Gasteiger partial charge in [-0.1, -0.05) is 31.2 Å². The highest BCUT2D eigenvalue weighted by molar-refractivity contribution is 6.08. The van der Waals surface area contributed by atoms with Crippen LogP contribution in [0.5, 0.6) is 0 Å². The SMILES string of the molecule is C[C@H](CC(=O)N1CCC(C(=O)c2cnn(C)c2)CC1)CC1=NC(=O)C2C=CC=CC2=C1. The Labute approximate surface area is 182 Å². The number of nitrogens with zero attached hydrogens (tertiary/aromatic N) is 4. The number of fused-ring (bicyclic) bond motifs is 1. The number of hydrogen-bond acceptors (Lipinski definition) is 4. The number of amides is 2. The maximum Gasteiger partial charge on any atom is 0.257 e. The largest absolute Gasteiger partial charge is 0.343 e. The van der Waals surface area contributed by atoms with Crippen LogP contribution >= 0.6 is 0 Å². The zero-order valence-corrected chi connectivity index (χ0v) is 18.0. The van der Waals surface area contributed by atoms with E-state index in [-0.39, 0.29) is 35.4 Å². The molecule has 0 bridgehead atoms. The molecule has 3 aliphatic rings. The minimum Gasteiger partial charge on any atom is -0.343 e. The number of ketones is 1. The van der Waals surface area contributed by atoms with Crippen molar-refractivity contribution in [1.29, 1.82) is 0 Å². The second kappa shape index (κ2) is 8.96. The molecule has 1 aromatic rings. The number of dihydropyridines is 1. The monoisotopic (exact) mass is 420 g/mol. The highest BCUT2D eigenvalue weighted by Gasteiger charge is 2.30. The topological polar surface area (TPSA) is 84.6 Å². The molecule has 0 N–H and O–H groups in total. The van der Waals surface area contributed by atoms with Gasteiger partial charge in [-0.25, -0.2) is 4.99 Å². The number of allylic oxidation sites excluding steroid dienone is 4. The Kier molecular flexibility index (Phi) is 6.11. The average molecular weight is 421 g/mol. The summed E-state index contributed by atoms with van der Waals surface area (Å²) in [5.41, 5.74) is 2.36. The lowest BCUT2D eigenvalue weighted by Crippen LogP contribution is -2.40. The number of Topliss-reactive ketones (excluding diaryl/α,β-unsaturated/α-hetero) is 1. The molecule has 1 unspecified atom stereocenters. The van der Waals surface area contributed by atoms with Gasteiger partial charge in [-0.2, -0.15) is 5.10 Å². The molecular weight excluding hydrogens is 392 g/mol. The Morgan fingerprint density at radius 3 is 2.71 bits per heavy atom. The summed E-state index contributed by atoms with van der Waals surface area (Å²) < 4.78 is 1.63. The van der Waals surface area contributed by atoms with Crippen LogP contribution < -0.4 is 0 Å². The number of aliphatic imine (C=N–C) groups is 1. The first kappa shape index (κ1) is 21.2. The Morgan fingerprint density at radius 2 is 2.00 bits per heavy atom. The molecule has 1 aliphatic carbocycles. The predicted molar refractivity (Wildman–Crippen MR) is 118 cm³/mol. The molecule has 3 heterocycles. The molecule has 0 spiro atoms. The molecule has 2 aliphatic heterocycles. The summed E-state index contributed by atoms with van der Waals surface area (Å²) in [7, 11) is 1.80. The van der Waals surface area contributed by atoms with Gasteiger partial charge in [0.2, 0.25) is 5.91 Å². The predicted octanol–water partition coefficient (Wildman–Crippen LogP) is 2.91. The maximum absolute atomic E-state index is 12.8. The Balaban J connectivity index is 1.27. The molecule has 2 atom stereocenters. The summed E-state index contributed by atoms with van der Waals surface area (Å²) in [6, 6.07) is 0. The van der Waals surface area contributed by atoms with Crippen LogP contribution in [0.3, 0.4) is 0 Å². The molecule has 0 aromatic carbocycles. The average Bonchev–Trinajstić information content (AvgIpc) is 3.19. The Morgan fingerprint density at radius 1 is 1.23 bits per heavy atom. The first-order chi connectivity index (χ1) is 14.9. The van der Waals surface area contributed by atoms with Crippen LogP contribution in [0.1, 0.15) is 43.0 Å². The maximum atomic E-state index is 12.8. The third-order valence-corrected chi connectivity index (χ3v) is 6.20. The van der Waals surface area contributed by atoms with Crippen LogP contribution in [0.25, 0.3) is 0 Å². The van der Waals surface area contributed by atoms with E-state index in [0.717, 1.165) is 11.3 Å². The Hall–Kier alpha value is -3.09. The van der Waals surface area contributed by atoms with Crippen LogP contribution in [0.2, 0.25) is 0 Å². The van der Waals surface area contributed by atoms with Crippen molar-refractivity contribution >= 4 is 23.3 Å². The normalized spacial score (nSPS) is 22.1. The zero-order valence-electron chi connectivity index (χ0n) is 18.0. The standard InChI is InChI=1S/C24H28N4O3/c1-16(11-20-13-18-5-3-4-6-21(18)24(31)26-20)12-22(29)28-9-7-17(8-10-28)23(30)19-14-25-27(2)15-19/h3-6,13-17,21H,7-12H2,1-2H3/t16-,21?/m0/s1. The molecule has 7 heteroatoms. The minimum absolute atomic E-state index is 0.0505. The van der Waals surface area contributed by atoms with Gasteiger partial charge in [-0.3, -0.25) is 19.1 Å². The van der Waals surface area contributed by atoms with Crippen LogP contribution in [-0.2, 0) is 16.6 Å². The van der Waals surface area contributed by atoms with E-state index in [4.69, 9.17) is 0 Å². The third-order valence-electron chi connectivity index (χ3n) is 6.20. The van der Waals surface area contributed by atoms with Crippen LogP contribution in [0.4, 0.5) is 0 Å². The molecule has 1 fully saturated rings. The van der Waals surface area contributed by atoms with E-state index in [1.54, 1.807) is 24.1 Å². The van der Waals surface area contributed by atoms with Gasteiger partial charge in [0.1, 0.15) is 0 Å². The smallest absolute Gasteiger partial charge is 0.257 e. The summed E-state index contributed by atoms with van der Waals surface area (Å²) in [5, 5.41) is 4.07. The van der Waals surface area contributed by atoms with E-state index < -0.39 is 0 Å². The fraction of sp³-hybridized carbons (Fsp3) is 0.458. The Bertz CT molecular complexity index is 1010. The van der Waals surface area contributed by atoms with Gasteiger partial charge in [-0.15, -0.1) is 0 Å². The molecule has 0 radical (unpaired) electrons. The number of rotatable bonds is 6. The first-order valence-corrected chi connectivity index (χ1v) is 10.9. The molecule has 7 nitrogen and oxygen atoms in total. The van der Waals surface area contributed by atoms with Crippen LogP contribution in [0, 0.1) is 17.8 Å². The number of hydrogen-bond donors (Lipinski definition) is 0. The van der Waals surface area contributed by atoms with Crippen molar-refractivity contribution in [3.63, 3.8) is 0 Å². The molecule has 1 aromatic heterocycles. The lowest BCUT2D eigenvalue weighted by molar-refractivity contribution is -0.133. The lowest BCUT2D eigenvalue weighted by Gasteiger charge is -2.32. The number of aryl methyl sites for hydroxylation is 1. The molecule has 2 amide bonds. The van der Waals surface area contributed by atoms with Gasteiger partial charge < -0.3 is 4.90 Å². The fourth-order valence-corrected chi connectivity index (χ4v) is 4.49. The van der Waals surface area contributed by atoms with Gasteiger partial charge in [0.25, 0.3) is 5.91 Å². The van der Waals surface area contributed by atoms with Gasteiger partial charge >= 0.3 is 0 Å². The lowest BCUT2D eigenvalue weighted by atomic mass is 9.88. The van der Waals surface area contributed by atoms with Crippen molar-refractivity contribution in [2.45, 2.75) is 32.6 Å². The van der Waals surface area contributed by atoms with Crippen molar-refractivity contribution in [3.05, 3.63) is 53.9 Å². The van der Waals surface area contributed by atoms with Crippen LogP contribution in [-0.4, -0.2) is 51.1 Å². The summed E-state index contributed by atoms with van der Waals surface area (Å²) in [4.78, 5) is 43.7. The number of piperidine rings is 1. The molecule has 162 valence electrons. The van der Waals surface area contributed by atoms with Gasteiger partial charge in [-0.05, 0) is 36.8 Å². The fourth-order valence-electron chi connectivity index (χ4n) is 4.49. The highest BCUT2D eigenvalue weighted by atomic mass is 16.2. The minimum atomic E-state index is -0.263. The van der Waals surface area contributed by atoms with Crippen molar-refractivity contribution in [2.24, 2.45) is 29.8 Å². The number of carbonyl (C=O) groups excluding carboxylic acids is 3. The first-order valence-electron chi connectivity index (χ1n) is 10.9. The van der Waals surface area contributed by atoms with E-state index >= 15 is 0 Å². The molecule has 31 heavy (non-hydrogen) atoms. The second-order valence-electron chi connectivity index (χ2n) is 8.74. The highest BCUT2D eigenvalue weighted by Crippen LogP contribution is 2.27. The van der Waals surface area contributed by atoms with Crippen molar-refractivity contribution < 1.29 is 14.4 Å². The van der Waals surface area contributed by atoms with Gasteiger partial charge in [0, 0.05) is 44.4 Å². The van der Waals surface area contributed by atoms with E-state index in [9.17, 15) is 14.4 Å².